The molecule has 1 aliphatic heterocycles. The van der Waals surface area contributed by atoms with Gasteiger partial charge < -0.3 is 19.0 Å². The van der Waals surface area contributed by atoms with E-state index in [-0.39, 0.29) is 58.6 Å². The van der Waals surface area contributed by atoms with Crippen LogP contribution in [-0.4, -0.2) is 38.1 Å². The van der Waals surface area contributed by atoms with E-state index < -0.39 is 29.2 Å². The van der Waals surface area contributed by atoms with Gasteiger partial charge >= 0.3 is 12.4 Å². The maximum absolute atomic E-state index is 13.7. The van der Waals surface area contributed by atoms with Crippen LogP contribution in [0.1, 0.15) is 24.0 Å². The lowest BCUT2D eigenvalue weighted by atomic mass is 10.1. The predicted octanol–water partition coefficient (Wildman–Crippen LogP) is 5.40. The van der Waals surface area contributed by atoms with E-state index in [0.717, 1.165) is 28.8 Å². The van der Waals surface area contributed by atoms with Gasteiger partial charge in [0.1, 0.15) is 18.1 Å². The molecule has 1 amide bonds. The number of imidazole rings is 1. The molecule has 1 N–H and O–H groups in total. The topological polar surface area (TPSA) is 94.5 Å². The maximum atomic E-state index is 13.7. The summed E-state index contributed by atoms with van der Waals surface area (Å²) in [5.74, 6) is -1.08. The van der Waals surface area contributed by atoms with E-state index in [1.165, 1.54) is 12.3 Å². The van der Waals surface area contributed by atoms with Crippen molar-refractivity contribution in [2.75, 3.05) is 6.61 Å². The third-order valence-corrected chi connectivity index (χ3v) is 5.83. The zero-order valence-electron chi connectivity index (χ0n) is 18.3. The average molecular weight is 546 g/mol. The molecule has 194 valence electrons. The number of aromatic nitrogens is 4. The second-order valence-corrected chi connectivity index (χ2v) is 8.58. The van der Waals surface area contributed by atoms with Gasteiger partial charge in [-0.15, -0.1) is 0 Å². The van der Waals surface area contributed by atoms with Crippen LogP contribution in [0.15, 0.2) is 41.2 Å². The minimum absolute atomic E-state index is 0.0104. The largest absolute Gasteiger partial charge is 0.491 e. The summed E-state index contributed by atoms with van der Waals surface area (Å²) in [5, 5.41) is 6.02. The smallest absolute Gasteiger partial charge is 0.419 e. The lowest BCUT2D eigenvalue weighted by Crippen LogP contribution is -2.31. The summed E-state index contributed by atoms with van der Waals surface area (Å²) in [5.41, 5.74) is -2.18. The second kappa shape index (κ2) is 8.94. The van der Waals surface area contributed by atoms with Crippen molar-refractivity contribution >= 4 is 23.2 Å². The minimum atomic E-state index is -4.77. The summed E-state index contributed by atoms with van der Waals surface area (Å²) >= 11 is 5.93. The van der Waals surface area contributed by atoms with E-state index in [1.54, 1.807) is 0 Å². The third-order valence-electron chi connectivity index (χ3n) is 5.55. The van der Waals surface area contributed by atoms with Crippen molar-refractivity contribution in [3.8, 4) is 28.7 Å². The Kier molecular flexibility index (Phi) is 6.01. The van der Waals surface area contributed by atoms with Gasteiger partial charge in [0.25, 0.3) is 5.89 Å². The number of hydrogen-bond acceptors (Lipinski definition) is 6. The highest BCUT2D eigenvalue weighted by molar-refractivity contribution is 6.33. The van der Waals surface area contributed by atoms with E-state index in [1.807, 2.05) is 0 Å². The summed E-state index contributed by atoms with van der Waals surface area (Å²) in [6.07, 6.45) is -6.73. The average Bonchev–Trinajstić information content (AvgIpc) is 3.55. The molecule has 0 aliphatic carbocycles. The second-order valence-electron chi connectivity index (χ2n) is 8.18. The number of carbonyl (C=O) groups excluding carboxylic acids is 1. The highest BCUT2D eigenvalue weighted by Crippen LogP contribution is 2.39. The molecule has 0 saturated carbocycles. The van der Waals surface area contributed by atoms with Crippen molar-refractivity contribution in [3.63, 3.8) is 0 Å². The van der Waals surface area contributed by atoms with Gasteiger partial charge in [0.05, 0.1) is 22.2 Å². The first-order valence-corrected chi connectivity index (χ1v) is 11.0. The predicted molar refractivity (Wildman–Crippen MR) is 116 cm³/mol. The number of nitrogens with one attached hydrogen (secondary N) is 1. The number of nitrogens with zero attached hydrogens (tertiary/aromatic N) is 4. The molecule has 4 aromatic rings. The Balaban J connectivity index is 1.43. The number of ether oxygens (including phenoxy) is 1. The fourth-order valence-corrected chi connectivity index (χ4v) is 4.03. The van der Waals surface area contributed by atoms with Crippen LogP contribution < -0.4 is 10.1 Å². The van der Waals surface area contributed by atoms with E-state index in [0.29, 0.717) is 6.42 Å². The molecule has 5 rings (SSSR count). The van der Waals surface area contributed by atoms with Gasteiger partial charge in [-0.1, -0.05) is 16.8 Å². The van der Waals surface area contributed by atoms with E-state index in [4.69, 9.17) is 20.9 Å². The number of halogens is 7. The number of fused-ring (bicyclic) bond motifs is 1. The molecule has 1 aliphatic rings. The van der Waals surface area contributed by atoms with Crippen molar-refractivity contribution in [1.29, 1.82) is 0 Å². The molecule has 0 radical (unpaired) electrons. The van der Waals surface area contributed by atoms with Crippen LogP contribution in [0.5, 0.6) is 5.75 Å². The number of alkyl halides is 6. The Hall–Kier alpha value is -3.81. The minimum Gasteiger partial charge on any atom is -0.491 e. The third kappa shape index (κ3) is 5.05. The van der Waals surface area contributed by atoms with E-state index >= 15 is 0 Å². The van der Waals surface area contributed by atoms with Gasteiger partial charge in [-0.05, 0) is 30.7 Å². The Labute approximate surface area is 208 Å². The van der Waals surface area contributed by atoms with Crippen LogP contribution in [0, 0.1) is 0 Å². The number of hydrogen-bond donors (Lipinski definition) is 1. The maximum Gasteiger partial charge on any atom is 0.419 e. The lowest BCUT2D eigenvalue weighted by molar-refractivity contribution is -0.139. The first kappa shape index (κ1) is 24.9. The first-order valence-electron chi connectivity index (χ1n) is 10.6. The molecule has 15 heteroatoms. The Morgan fingerprint density at radius 2 is 1.89 bits per heavy atom. The molecule has 1 atom stereocenters. The van der Waals surface area contributed by atoms with Crippen LogP contribution in [0.25, 0.3) is 28.6 Å². The summed E-state index contributed by atoms with van der Waals surface area (Å²) in [7, 11) is 0. The van der Waals surface area contributed by atoms with Crippen molar-refractivity contribution < 1.29 is 40.4 Å². The highest BCUT2D eigenvalue weighted by Gasteiger charge is 2.36. The van der Waals surface area contributed by atoms with E-state index in [2.05, 4.69) is 20.4 Å². The van der Waals surface area contributed by atoms with Crippen LogP contribution in [0.2, 0.25) is 5.02 Å². The molecule has 0 spiro atoms. The van der Waals surface area contributed by atoms with Crippen LogP contribution in [0.3, 0.4) is 0 Å². The molecule has 8 nitrogen and oxygen atoms in total. The number of rotatable bonds is 5. The SMILES string of the molecule is O=C1CC[C@H](COc2ccc(-c3noc(-c4cn5cc(C(F)(F)F)cc(Cl)c5n4)n3)cc2C(F)(F)F)N1. The summed E-state index contributed by atoms with van der Waals surface area (Å²) in [4.78, 5) is 19.4. The molecular formula is C22H14ClF6N5O3. The Morgan fingerprint density at radius 1 is 1.11 bits per heavy atom. The molecule has 4 heterocycles. The number of amides is 1. The van der Waals surface area contributed by atoms with Gasteiger partial charge in [0, 0.05) is 24.4 Å². The summed E-state index contributed by atoms with van der Waals surface area (Å²) in [6, 6.07) is 3.51. The van der Waals surface area contributed by atoms with Crippen molar-refractivity contribution in [2.45, 2.75) is 31.2 Å². The number of pyridine rings is 1. The molecular weight excluding hydrogens is 532 g/mol. The zero-order valence-corrected chi connectivity index (χ0v) is 19.1. The fraction of sp³-hybridized carbons (Fsp3) is 0.273. The molecule has 0 bridgehead atoms. The summed E-state index contributed by atoms with van der Waals surface area (Å²) < 4.78 is 91.9. The van der Waals surface area contributed by atoms with Crippen LogP contribution in [-0.2, 0) is 17.1 Å². The fourth-order valence-electron chi connectivity index (χ4n) is 3.77. The summed E-state index contributed by atoms with van der Waals surface area (Å²) in [6.45, 7) is -0.132. The van der Waals surface area contributed by atoms with Crippen LogP contribution in [0.4, 0.5) is 26.3 Å². The Morgan fingerprint density at radius 3 is 2.57 bits per heavy atom. The normalized spacial score (nSPS) is 16.4. The Bertz CT molecular complexity index is 1500. The number of benzene rings is 1. The van der Waals surface area contributed by atoms with Crippen molar-refractivity contribution in [3.05, 3.63) is 52.8 Å². The molecule has 37 heavy (non-hydrogen) atoms. The molecule has 1 saturated heterocycles. The lowest BCUT2D eigenvalue weighted by Gasteiger charge is -2.17. The van der Waals surface area contributed by atoms with Crippen LogP contribution >= 0.6 is 11.6 Å². The van der Waals surface area contributed by atoms with Crippen molar-refractivity contribution in [2.24, 2.45) is 0 Å². The molecule has 0 unspecified atom stereocenters. The molecule has 1 aromatic carbocycles. The molecule has 3 aromatic heterocycles. The highest BCUT2D eigenvalue weighted by atomic mass is 35.5. The zero-order chi connectivity index (χ0) is 26.5. The van der Waals surface area contributed by atoms with Crippen molar-refractivity contribution in [1.82, 2.24) is 24.8 Å². The molecule has 1 fully saturated rings. The number of carbonyl (C=O) groups is 1. The quantitative estimate of drug-likeness (QED) is 0.338. The van der Waals surface area contributed by atoms with Gasteiger partial charge in [0.2, 0.25) is 11.7 Å². The van der Waals surface area contributed by atoms with Gasteiger partial charge in [-0.25, -0.2) is 4.98 Å². The van der Waals surface area contributed by atoms with E-state index in [9.17, 15) is 31.1 Å². The van der Waals surface area contributed by atoms with Gasteiger partial charge in [-0.2, -0.15) is 31.3 Å². The standard InChI is InChI=1S/C22H14ClF6N5O3/c23-14-6-11(21(24,25)26)7-34-8-15(31-19(14)34)20-32-18(33-37-20)10-1-3-16(13(5-10)22(27,28)29)36-9-12-2-4-17(35)30-12/h1,3,5-8,12H,2,4,9H2,(H,30,35)/t12-/m1/s1. The van der Waals surface area contributed by atoms with Gasteiger partial charge in [-0.3, -0.25) is 4.79 Å². The van der Waals surface area contributed by atoms with Gasteiger partial charge in [0.15, 0.2) is 5.65 Å². The first-order chi connectivity index (χ1) is 17.4. The monoisotopic (exact) mass is 545 g/mol.